The molecule has 0 amide bonds. The predicted molar refractivity (Wildman–Crippen MR) is 164 cm³/mol. The zero-order chi connectivity index (χ0) is 30.1. The molecule has 43 heavy (non-hydrogen) atoms. The molecule has 0 saturated carbocycles. The molecule has 0 spiro atoms. The standard InChI is InChI=1S/C34H32N4O5/c1-41-33(40)34(22-28-10-5-6-11-29(28)23-36-38-35)31(26-14-12-25(13-15-26)24-8-3-2-4-9-24)43-32(37-34)27-16-18-30(19-17-27)42-21-7-20-39/h2-6,8-19,31,39H,7,20-23H2,1H3/t31-,34-/m1/s1. The molecular formula is C34H32N4O5. The molecule has 218 valence electrons. The first-order chi connectivity index (χ1) is 21.1. The number of aliphatic hydroxyl groups is 1. The summed E-state index contributed by atoms with van der Waals surface area (Å²) in [4.78, 5) is 21.7. The van der Waals surface area contributed by atoms with Crippen molar-refractivity contribution in [1.82, 2.24) is 0 Å². The van der Waals surface area contributed by atoms with Crippen LogP contribution in [0.5, 0.6) is 5.75 Å². The van der Waals surface area contributed by atoms with Crippen LogP contribution in [0.1, 0.15) is 34.8 Å². The third-order valence-electron chi connectivity index (χ3n) is 7.38. The van der Waals surface area contributed by atoms with Crippen LogP contribution < -0.4 is 4.74 Å². The number of carbonyl (C=O) groups is 1. The van der Waals surface area contributed by atoms with Gasteiger partial charge in [0.2, 0.25) is 11.4 Å². The van der Waals surface area contributed by atoms with Crippen molar-refractivity contribution < 1.29 is 24.1 Å². The third-order valence-corrected chi connectivity index (χ3v) is 7.38. The summed E-state index contributed by atoms with van der Waals surface area (Å²) in [5.74, 6) is 0.411. The molecule has 9 nitrogen and oxygen atoms in total. The molecule has 2 atom stereocenters. The van der Waals surface area contributed by atoms with E-state index in [2.05, 4.69) is 10.0 Å². The molecule has 0 aromatic heterocycles. The van der Waals surface area contributed by atoms with E-state index in [0.717, 1.165) is 27.8 Å². The highest BCUT2D eigenvalue weighted by Gasteiger charge is 2.54. The molecule has 0 radical (unpaired) electrons. The van der Waals surface area contributed by atoms with Crippen molar-refractivity contribution in [3.63, 3.8) is 0 Å². The smallest absolute Gasteiger partial charge is 0.338 e. The number of esters is 1. The number of ether oxygens (including phenoxy) is 3. The Balaban J connectivity index is 1.57. The van der Waals surface area contributed by atoms with Crippen molar-refractivity contribution in [2.75, 3.05) is 20.3 Å². The van der Waals surface area contributed by atoms with E-state index in [0.29, 0.717) is 30.2 Å². The normalized spacial score (nSPS) is 17.3. The summed E-state index contributed by atoms with van der Waals surface area (Å²) in [5.41, 5.74) is 12.6. The van der Waals surface area contributed by atoms with Gasteiger partial charge in [0.15, 0.2) is 6.10 Å². The molecule has 1 heterocycles. The summed E-state index contributed by atoms with van der Waals surface area (Å²) in [5, 5.41) is 12.8. The Hall–Kier alpha value is -5.11. The second kappa shape index (κ2) is 13.7. The molecule has 0 fully saturated rings. The number of azide groups is 1. The number of nitrogens with zero attached hydrogens (tertiary/aromatic N) is 4. The average molecular weight is 577 g/mol. The summed E-state index contributed by atoms with van der Waals surface area (Å²) in [6, 6.07) is 32.7. The van der Waals surface area contributed by atoms with Gasteiger partial charge in [-0.15, -0.1) is 0 Å². The monoisotopic (exact) mass is 576 g/mol. The van der Waals surface area contributed by atoms with Crippen molar-refractivity contribution in [3.8, 4) is 16.9 Å². The lowest BCUT2D eigenvalue weighted by Gasteiger charge is -2.30. The second-order valence-corrected chi connectivity index (χ2v) is 10.1. The average Bonchev–Trinajstić information content (AvgIpc) is 3.45. The Bertz CT molecular complexity index is 1620. The zero-order valence-electron chi connectivity index (χ0n) is 23.8. The van der Waals surface area contributed by atoms with Crippen molar-refractivity contribution in [1.29, 1.82) is 0 Å². The zero-order valence-corrected chi connectivity index (χ0v) is 23.8. The SMILES string of the molecule is COC(=O)[C@]1(Cc2ccccc2CN=[N+]=[N-])N=C(c2ccc(OCCCO)cc2)O[C@@H]1c1ccc(-c2ccccc2)cc1. The van der Waals surface area contributed by atoms with Crippen LogP contribution in [0.4, 0.5) is 0 Å². The molecule has 4 aromatic carbocycles. The molecule has 4 aromatic rings. The van der Waals surface area contributed by atoms with Crippen molar-refractivity contribution in [2.45, 2.75) is 31.0 Å². The Kier molecular flexibility index (Phi) is 9.36. The lowest BCUT2D eigenvalue weighted by molar-refractivity contribution is -0.149. The first kappa shape index (κ1) is 29.4. The molecule has 0 aliphatic carbocycles. The van der Waals surface area contributed by atoms with Gasteiger partial charge in [0, 0.05) is 29.9 Å². The van der Waals surface area contributed by atoms with Crippen LogP contribution in [0.3, 0.4) is 0 Å². The summed E-state index contributed by atoms with van der Waals surface area (Å²) >= 11 is 0. The minimum absolute atomic E-state index is 0.0536. The van der Waals surface area contributed by atoms with Gasteiger partial charge in [0.1, 0.15) is 5.75 Å². The van der Waals surface area contributed by atoms with E-state index in [1.54, 1.807) is 12.1 Å². The summed E-state index contributed by atoms with van der Waals surface area (Å²) in [6.45, 7) is 0.586. The number of aliphatic hydroxyl groups excluding tert-OH is 1. The van der Waals surface area contributed by atoms with Crippen LogP contribution in [0, 0.1) is 0 Å². The van der Waals surface area contributed by atoms with Gasteiger partial charge in [-0.1, -0.05) is 84.0 Å². The van der Waals surface area contributed by atoms with Gasteiger partial charge >= 0.3 is 5.97 Å². The number of hydrogen-bond donors (Lipinski definition) is 1. The van der Waals surface area contributed by atoms with E-state index < -0.39 is 17.6 Å². The Labute approximate surface area is 250 Å². The number of rotatable bonds is 12. The van der Waals surface area contributed by atoms with Crippen LogP contribution in [0.2, 0.25) is 0 Å². The Morgan fingerprint density at radius 1 is 0.930 bits per heavy atom. The van der Waals surface area contributed by atoms with E-state index in [9.17, 15) is 4.79 Å². The lowest BCUT2D eigenvalue weighted by atomic mass is 9.81. The molecule has 0 unspecified atom stereocenters. The first-order valence-electron chi connectivity index (χ1n) is 14.0. The van der Waals surface area contributed by atoms with Gasteiger partial charge in [-0.25, -0.2) is 9.79 Å². The fourth-order valence-electron chi connectivity index (χ4n) is 5.20. The van der Waals surface area contributed by atoms with Gasteiger partial charge in [0.05, 0.1) is 20.3 Å². The highest BCUT2D eigenvalue weighted by atomic mass is 16.5. The van der Waals surface area contributed by atoms with E-state index >= 15 is 0 Å². The van der Waals surface area contributed by atoms with Crippen LogP contribution >= 0.6 is 0 Å². The van der Waals surface area contributed by atoms with Gasteiger partial charge in [-0.05, 0) is 57.6 Å². The van der Waals surface area contributed by atoms with Crippen LogP contribution in [-0.4, -0.2) is 42.8 Å². The lowest BCUT2D eigenvalue weighted by Crippen LogP contribution is -2.44. The molecule has 5 rings (SSSR count). The Morgan fingerprint density at radius 3 is 2.26 bits per heavy atom. The van der Waals surface area contributed by atoms with Gasteiger partial charge in [-0.2, -0.15) is 0 Å². The summed E-state index contributed by atoms with van der Waals surface area (Å²) < 4.78 is 17.6. The number of carbonyl (C=O) groups excluding carboxylic acids is 1. The number of methoxy groups -OCH3 is 1. The molecule has 1 aliphatic rings. The van der Waals surface area contributed by atoms with Crippen molar-refractivity contribution in [2.24, 2.45) is 10.1 Å². The molecule has 1 N–H and O–H groups in total. The summed E-state index contributed by atoms with van der Waals surface area (Å²) in [7, 11) is 1.34. The number of benzene rings is 4. The maximum absolute atomic E-state index is 13.8. The summed E-state index contributed by atoms with van der Waals surface area (Å²) in [6.07, 6.45) is -0.105. The topological polar surface area (TPSA) is 126 Å². The number of hydrogen-bond acceptors (Lipinski definition) is 7. The van der Waals surface area contributed by atoms with Gasteiger partial charge in [-0.3, -0.25) is 0 Å². The van der Waals surface area contributed by atoms with E-state index in [4.69, 9.17) is 29.8 Å². The quantitative estimate of drug-likeness (QED) is 0.0669. The highest BCUT2D eigenvalue weighted by molar-refractivity contribution is 6.00. The minimum atomic E-state index is -1.46. The van der Waals surface area contributed by atoms with Crippen molar-refractivity contribution in [3.05, 3.63) is 136 Å². The fourth-order valence-corrected chi connectivity index (χ4v) is 5.20. The fraction of sp³-hybridized carbons (Fsp3) is 0.235. The molecule has 1 aliphatic heterocycles. The molecule has 0 bridgehead atoms. The second-order valence-electron chi connectivity index (χ2n) is 10.1. The van der Waals surface area contributed by atoms with Crippen LogP contribution in [0.25, 0.3) is 21.6 Å². The maximum Gasteiger partial charge on any atom is 0.338 e. The highest BCUT2D eigenvalue weighted by Crippen LogP contribution is 2.44. The minimum Gasteiger partial charge on any atom is -0.494 e. The number of aliphatic imine (C=N–C) groups is 1. The largest absolute Gasteiger partial charge is 0.494 e. The molecule has 9 heteroatoms. The Morgan fingerprint density at radius 2 is 1.58 bits per heavy atom. The molecule has 0 saturated heterocycles. The van der Waals surface area contributed by atoms with Crippen LogP contribution in [0.15, 0.2) is 113 Å². The van der Waals surface area contributed by atoms with Gasteiger partial charge < -0.3 is 19.3 Å². The predicted octanol–water partition coefficient (Wildman–Crippen LogP) is 6.60. The van der Waals surface area contributed by atoms with E-state index in [1.807, 2.05) is 91.0 Å². The van der Waals surface area contributed by atoms with Crippen LogP contribution in [-0.2, 0) is 27.2 Å². The third kappa shape index (κ3) is 6.54. The van der Waals surface area contributed by atoms with E-state index in [-0.39, 0.29) is 19.6 Å². The molecular weight excluding hydrogens is 544 g/mol. The first-order valence-corrected chi connectivity index (χ1v) is 14.0. The maximum atomic E-state index is 13.8. The van der Waals surface area contributed by atoms with Gasteiger partial charge in [0.25, 0.3) is 0 Å². The van der Waals surface area contributed by atoms with Crippen molar-refractivity contribution >= 4 is 11.9 Å². The van der Waals surface area contributed by atoms with E-state index in [1.165, 1.54) is 7.11 Å².